The normalized spacial score (nSPS) is 16.3. The molecule has 1 saturated heterocycles. The first-order valence-electron chi connectivity index (χ1n) is 5.79. The van der Waals surface area contributed by atoms with Gasteiger partial charge in [0.2, 0.25) is 5.91 Å². The van der Waals surface area contributed by atoms with Crippen molar-refractivity contribution in [3.8, 4) is 0 Å². The van der Waals surface area contributed by atoms with Crippen LogP contribution in [0, 0.1) is 12.8 Å². The van der Waals surface area contributed by atoms with Gasteiger partial charge in [-0.05, 0) is 49.9 Å². The molecule has 0 radical (unpaired) electrons. The number of carbonyl (C=O) groups excluding carboxylic acids is 1. The lowest BCUT2D eigenvalue weighted by Gasteiger charge is -2.21. The number of nitrogens with one attached hydrogen (secondary N) is 2. The Labute approximate surface area is 112 Å². The van der Waals surface area contributed by atoms with E-state index in [2.05, 4.69) is 29.0 Å². The predicted octanol–water partition coefficient (Wildman–Crippen LogP) is 2.09. The highest BCUT2D eigenvalue weighted by molar-refractivity contribution is 7.10. The average Bonchev–Trinajstić information content (AvgIpc) is 2.73. The van der Waals surface area contributed by atoms with E-state index in [4.69, 9.17) is 0 Å². The van der Waals surface area contributed by atoms with Crippen LogP contribution in [0.2, 0.25) is 0 Å². The number of piperidine rings is 1. The molecule has 0 saturated carbocycles. The van der Waals surface area contributed by atoms with Gasteiger partial charge in [0.1, 0.15) is 0 Å². The summed E-state index contributed by atoms with van der Waals surface area (Å²) in [6.45, 7) is 4.71. The maximum atomic E-state index is 11.9. The third kappa shape index (κ3) is 3.98. The van der Waals surface area contributed by atoms with Gasteiger partial charge in [0.25, 0.3) is 0 Å². The number of thiophene rings is 1. The number of hydrogen-bond acceptors (Lipinski definition) is 3. The third-order valence-corrected chi connectivity index (χ3v) is 4.12. The zero-order chi connectivity index (χ0) is 11.4. The van der Waals surface area contributed by atoms with Gasteiger partial charge in [-0.2, -0.15) is 0 Å². The van der Waals surface area contributed by atoms with Crippen LogP contribution >= 0.6 is 23.7 Å². The fourth-order valence-corrected chi connectivity index (χ4v) is 2.83. The Morgan fingerprint density at radius 1 is 1.53 bits per heavy atom. The fourth-order valence-electron chi connectivity index (χ4n) is 1.98. The standard InChI is InChI=1S/C12H18N2OS.ClH/c1-9-4-7-16-11(9)8-14-12(15)10-2-5-13-6-3-10;/h4,7,10,13H,2-3,5-6,8H2,1H3,(H,14,15);1H. The molecule has 0 atom stereocenters. The molecule has 1 fully saturated rings. The summed E-state index contributed by atoms with van der Waals surface area (Å²) < 4.78 is 0. The van der Waals surface area contributed by atoms with Crippen molar-refractivity contribution < 1.29 is 4.79 Å². The second-order valence-corrected chi connectivity index (χ2v) is 5.27. The van der Waals surface area contributed by atoms with E-state index in [1.165, 1.54) is 10.4 Å². The number of halogens is 1. The summed E-state index contributed by atoms with van der Waals surface area (Å²) in [6, 6.07) is 2.09. The zero-order valence-corrected chi connectivity index (χ0v) is 11.6. The molecule has 0 aromatic carbocycles. The molecule has 96 valence electrons. The second-order valence-electron chi connectivity index (χ2n) is 4.27. The third-order valence-electron chi connectivity index (χ3n) is 3.10. The van der Waals surface area contributed by atoms with Crippen LogP contribution in [0.5, 0.6) is 0 Å². The Morgan fingerprint density at radius 3 is 2.82 bits per heavy atom. The number of hydrogen-bond donors (Lipinski definition) is 2. The molecule has 1 amide bonds. The second kappa shape index (κ2) is 6.99. The molecule has 0 aliphatic carbocycles. The minimum Gasteiger partial charge on any atom is -0.351 e. The number of rotatable bonds is 3. The molecule has 3 nitrogen and oxygen atoms in total. The first-order chi connectivity index (χ1) is 7.77. The lowest BCUT2D eigenvalue weighted by Crippen LogP contribution is -2.37. The van der Waals surface area contributed by atoms with E-state index < -0.39 is 0 Å². The van der Waals surface area contributed by atoms with Crippen LogP contribution in [-0.4, -0.2) is 19.0 Å². The van der Waals surface area contributed by atoms with Crippen LogP contribution < -0.4 is 10.6 Å². The number of amides is 1. The van der Waals surface area contributed by atoms with Gasteiger partial charge < -0.3 is 10.6 Å². The molecule has 1 aromatic heterocycles. The predicted molar refractivity (Wildman–Crippen MR) is 73.7 cm³/mol. The zero-order valence-electron chi connectivity index (χ0n) is 9.99. The van der Waals surface area contributed by atoms with Gasteiger partial charge in [-0.15, -0.1) is 23.7 Å². The minimum absolute atomic E-state index is 0. The van der Waals surface area contributed by atoms with Crippen LogP contribution in [0.15, 0.2) is 11.4 Å². The van der Waals surface area contributed by atoms with Gasteiger partial charge in [-0.3, -0.25) is 4.79 Å². The van der Waals surface area contributed by atoms with E-state index in [9.17, 15) is 4.79 Å². The Bertz CT molecular complexity index is 361. The lowest BCUT2D eigenvalue weighted by molar-refractivity contribution is -0.125. The first-order valence-corrected chi connectivity index (χ1v) is 6.66. The Balaban J connectivity index is 0.00000144. The topological polar surface area (TPSA) is 41.1 Å². The van der Waals surface area contributed by atoms with Gasteiger partial charge in [0.05, 0.1) is 6.54 Å². The van der Waals surface area contributed by atoms with Gasteiger partial charge in [-0.1, -0.05) is 0 Å². The molecule has 2 rings (SSSR count). The fraction of sp³-hybridized carbons (Fsp3) is 0.583. The van der Waals surface area contributed by atoms with Crippen molar-refractivity contribution in [3.05, 3.63) is 21.9 Å². The smallest absolute Gasteiger partial charge is 0.223 e. The van der Waals surface area contributed by atoms with E-state index in [1.807, 2.05) is 0 Å². The van der Waals surface area contributed by atoms with Crippen molar-refractivity contribution in [2.24, 2.45) is 5.92 Å². The van der Waals surface area contributed by atoms with Gasteiger partial charge in [0.15, 0.2) is 0 Å². The molecular weight excluding hydrogens is 256 g/mol. The van der Waals surface area contributed by atoms with Gasteiger partial charge in [0, 0.05) is 10.8 Å². The minimum atomic E-state index is 0. The maximum absolute atomic E-state index is 11.9. The van der Waals surface area contributed by atoms with E-state index in [-0.39, 0.29) is 24.2 Å². The number of carbonyl (C=O) groups is 1. The summed E-state index contributed by atoms with van der Waals surface area (Å²) in [4.78, 5) is 13.1. The van der Waals surface area contributed by atoms with Crippen molar-refractivity contribution in [2.75, 3.05) is 13.1 Å². The largest absolute Gasteiger partial charge is 0.351 e. The van der Waals surface area contributed by atoms with E-state index >= 15 is 0 Å². The molecule has 0 unspecified atom stereocenters. The molecule has 17 heavy (non-hydrogen) atoms. The van der Waals surface area contributed by atoms with Crippen LogP contribution in [0.3, 0.4) is 0 Å². The molecule has 0 bridgehead atoms. The Hall–Kier alpha value is -0.580. The molecule has 0 spiro atoms. The molecule has 1 aliphatic rings. The summed E-state index contributed by atoms with van der Waals surface area (Å²) in [6.07, 6.45) is 1.94. The monoisotopic (exact) mass is 274 g/mol. The summed E-state index contributed by atoms with van der Waals surface area (Å²) in [5, 5.41) is 8.38. The molecular formula is C12H19ClN2OS. The van der Waals surface area contributed by atoms with Crippen molar-refractivity contribution in [1.29, 1.82) is 0 Å². The van der Waals surface area contributed by atoms with Crippen molar-refractivity contribution in [2.45, 2.75) is 26.3 Å². The van der Waals surface area contributed by atoms with Crippen molar-refractivity contribution in [3.63, 3.8) is 0 Å². The first kappa shape index (κ1) is 14.5. The highest BCUT2D eigenvalue weighted by Gasteiger charge is 2.20. The average molecular weight is 275 g/mol. The van der Waals surface area contributed by atoms with Crippen molar-refractivity contribution in [1.82, 2.24) is 10.6 Å². The Morgan fingerprint density at radius 2 is 2.24 bits per heavy atom. The maximum Gasteiger partial charge on any atom is 0.223 e. The summed E-state index contributed by atoms with van der Waals surface area (Å²) in [5.41, 5.74) is 1.27. The molecule has 1 aliphatic heterocycles. The molecule has 2 N–H and O–H groups in total. The van der Waals surface area contributed by atoms with Crippen LogP contribution in [0.1, 0.15) is 23.3 Å². The SMILES string of the molecule is Cc1ccsc1CNC(=O)C1CCNCC1.Cl. The van der Waals surface area contributed by atoms with Gasteiger partial charge in [-0.25, -0.2) is 0 Å². The van der Waals surface area contributed by atoms with Crippen LogP contribution in [-0.2, 0) is 11.3 Å². The summed E-state index contributed by atoms with van der Waals surface area (Å²) in [5.74, 6) is 0.427. The van der Waals surface area contributed by atoms with E-state index in [0.717, 1.165) is 25.9 Å². The van der Waals surface area contributed by atoms with Gasteiger partial charge >= 0.3 is 0 Å². The highest BCUT2D eigenvalue weighted by Crippen LogP contribution is 2.16. The lowest BCUT2D eigenvalue weighted by atomic mass is 9.97. The molecule has 5 heteroatoms. The van der Waals surface area contributed by atoms with Crippen molar-refractivity contribution >= 4 is 29.7 Å². The highest BCUT2D eigenvalue weighted by atomic mass is 35.5. The molecule has 2 heterocycles. The summed E-state index contributed by atoms with van der Waals surface area (Å²) in [7, 11) is 0. The summed E-state index contributed by atoms with van der Waals surface area (Å²) >= 11 is 1.71. The van der Waals surface area contributed by atoms with E-state index in [1.54, 1.807) is 11.3 Å². The van der Waals surface area contributed by atoms with Crippen LogP contribution in [0.4, 0.5) is 0 Å². The van der Waals surface area contributed by atoms with Crippen LogP contribution in [0.25, 0.3) is 0 Å². The quantitative estimate of drug-likeness (QED) is 0.886. The number of aryl methyl sites for hydroxylation is 1. The molecule has 1 aromatic rings. The van der Waals surface area contributed by atoms with E-state index in [0.29, 0.717) is 6.54 Å². The Kier molecular flexibility index (Phi) is 5.95.